The average molecular weight is 265 g/mol. The molecule has 5 nitrogen and oxygen atoms in total. The maximum absolute atomic E-state index is 12.2. The summed E-state index contributed by atoms with van der Waals surface area (Å²) < 4.78 is 1.67. The topological polar surface area (TPSA) is 67.2 Å². The van der Waals surface area contributed by atoms with Gasteiger partial charge in [0.1, 0.15) is 0 Å². The fourth-order valence-corrected chi connectivity index (χ4v) is 2.86. The zero-order chi connectivity index (χ0) is 13.9. The van der Waals surface area contributed by atoms with E-state index in [2.05, 4.69) is 10.4 Å². The Kier molecular flexibility index (Phi) is 4.24. The van der Waals surface area contributed by atoms with E-state index in [1.165, 1.54) is 0 Å². The molecule has 0 saturated heterocycles. The van der Waals surface area contributed by atoms with Gasteiger partial charge in [0.15, 0.2) is 0 Å². The summed E-state index contributed by atoms with van der Waals surface area (Å²) in [5.74, 6) is -0.0790. The van der Waals surface area contributed by atoms with E-state index >= 15 is 0 Å². The molecule has 0 atom stereocenters. The standard InChI is InChI=1S/C14H23N3O2/c1-3-12-11(8-17(2)16-12)13(19)15-9-14(10-18)6-4-5-7-14/h8,18H,3-7,9-10H2,1-2H3,(H,15,19). The first kappa shape index (κ1) is 14.1. The van der Waals surface area contributed by atoms with E-state index in [-0.39, 0.29) is 17.9 Å². The van der Waals surface area contributed by atoms with Crippen LogP contribution in [0.2, 0.25) is 0 Å². The first-order chi connectivity index (χ1) is 9.10. The van der Waals surface area contributed by atoms with Crippen molar-refractivity contribution in [2.45, 2.75) is 39.0 Å². The van der Waals surface area contributed by atoms with Gasteiger partial charge >= 0.3 is 0 Å². The van der Waals surface area contributed by atoms with Crippen LogP contribution in [0.3, 0.4) is 0 Å². The molecule has 106 valence electrons. The Balaban J connectivity index is 2.01. The molecular weight excluding hydrogens is 242 g/mol. The highest BCUT2D eigenvalue weighted by Crippen LogP contribution is 2.36. The summed E-state index contributed by atoms with van der Waals surface area (Å²) >= 11 is 0. The van der Waals surface area contributed by atoms with Crippen LogP contribution >= 0.6 is 0 Å². The molecule has 0 aliphatic heterocycles. The van der Waals surface area contributed by atoms with Gasteiger partial charge in [-0.25, -0.2) is 0 Å². The van der Waals surface area contributed by atoms with Crippen LogP contribution in [0.5, 0.6) is 0 Å². The van der Waals surface area contributed by atoms with Crippen molar-refractivity contribution in [3.05, 3.63) is 17.5 Å². The number of aliphatic hydroxyl groups is 1. The molecule has 1 aromatic rings. The van der Waals surface area contributed by atoms with E-state index < -0.39 is 0 Å². The lowest BCUT2D eigenvalue weighted by Crippen LogP contribution is -2.38. The van der Waals surface area contributed by atoms with Crippen molar-refractivity contribution >= 4 is 5.91 Å². The van der Waals surface area contributed by atoms with E-state index in [4.69, 9.17) is 0 Å². The fraction of sp³-hybridized carbons (Fsp3) is 0.714. The molecule has 19 heavy (non-hydrogen) atoms. The number of carbonyl (C=O) groups is 1. The van der Waals surface area contributed by atoms with Gasteiger partial charge in [0, 0.05) is 25.2 Å². The van der Waals surface area contributed by atoms with Crippen molar-refractivity contribution in [1.82, 2.24) is 15.1 Å². The second-order valence-electron chi connectivity index (χ2n) is 5.56. The van der Waals surface area contributed by atoms with Crippen LogP contribution < -0.4 is 5.32 Å². The number of aromatic nitrogens is 2. The Morgan fingerprint density at radius 1 is 1.53 bits per heavy atom. The number of rotatable bonds is 5. The molecule has 1 fully saturated rings. The highest BCUT2D eigenvalue weighted by molar-refractivity contribution is 5.95. The Bertz CT molecular complexity index is 448. The minimum Gasteiger partial charge on any atom is -0.396 e. The van der Waals surface area contributed by atoms with Crippen LogP contribution in [-0.4, -0.2) is 33.9 Å². The summed E-state index contributed by atoms with van der Waals surface area (Å²) in [7, 11) is 1.82. The molecule has 0 spiro atoms. The smallest absolute Gasteiger partial charge is 0.254 e. The summed E-state index contributed by atoms with van der Waals surface area (Å²) in [4.78, 5) is 12.2. The second-order valence-corrected chi connectivity index (χ2v) is 5.56. The van der Waals surface area contributed by atoms with E-state index in [0.717, 1.165) is 37.8 Å². The number of hydrogen-bond donors (Lipinski definition) is 2. The van der Waals surface area contributed by atoms with Crippen molar-refractivity contribution in [2.24, 2.45) is 12.5 Å². The Labute approximate surface area is 114 Å². The second kappa shape index (κ2) is 5.74. The maximum atomic E-state index is 12.2. The van der Waals surface area contributed by atoms with Crippen molar-refractivity contribution in [3.63, 3.8) is 0 Å². The number of amides is 1. The molecule has 2 N–H and O–H groups in total. The van der Waals surface area contributed by atoms with E-state index in [9.17, 15) is 9.90 Å². The van der Waals surface area contributed by atoms with Gasteiger partial charge in [-0.05, 0) is 19.3 Å². The van der Waals surface area contributed by atoms with Crippen LogP contribution in [0, 0.1) is 5.41 Å². The molecule has 1 aliphatic rings. The van der Waals surface area contributed by atoms with Crippen molar-refractivity contribution in [3.8, 4) is 0 Å². The number of nitrogens with one attached hydrogen (secondary N) is 1. The largest absolute Gasteiger partial charge is 0.396 e. The molecule has 1 aromatic heterocycles. The van der Waals surface area contributed by atoms with Crippen molar-refractivity contribution in [2.75, 3.05) is 13.2 Å². The first-order valence-corrected chi connectivity index (χ1v) is 7.02. The highest BCUT2D eigenvalue weighted by atomic mass is 16.3. The SMILES string of the molecule is CCc1nn(C)cc1C(=O)NCC1(CO)CCCC1. The van der Waals surface area contributed by atoms with Gasteiger partial charge in [-0.3, -0.25) is 9.48 Å². The predicted octanol–water partition coefficient (Wildman–Crippen LogP) is 1.26. The van der Waals surface area contributed by atoms with Gasteiger partial charge in [0.2, 0.25) is 0 Å². The predicted molar refractivity (Wildman–Crippen MR) is 72.9 cm³/mol. The Morgan fingerprint density at radius 2 is 2.21 bits per heavy atom. The molecule has 0 bridgehead atoms. The van der Waals surface area contributed by atoms with Crippen LogP contribution in [0.4, 0.5) is 0 Å². The van der Waals surface area contributed by atoms with Crippen molar-refractivity contribution < 1.29 is 9.90 Å². The monoisotopic (exact) mass is 265 g/mol. The molecule has 0 aromatic carbocycles. The molecule has 2 rings (SSSR count). The molecule has 1 aliphatic carbocycles. The summed E-state index contributed by atoms with van der Waals surface area (Å²) in [6.45, 7) is 2.70. The van der Waals surface area contributed by atoms with Crippen molar-refractivity contribution in [1.29, 1.82) is 0 Å². The maximum Gasteiger partial charge on any atom is 0.254 e. The van der Waals surface area contributed by atoms with Gasteiger partial charge < -0.3 is 10.4 Å². The van der Waals surface area contributed by atoms with Gasteiger partial charge in [-0.15, -0.1) is 0 Å². The minimum absolute atomic E-state index is 0.0790. The lowest BCUT2D eigenvalue weighted by atomic mass is 9.87. The van der Waals surface area contributed by atoms with Gasteiger partial charge in [0.05, 0.1) is 17.9 Å². The lowest BCUT2D eigenvalue weighted by Gasteiger charge is -2.26. The van der Waals surface area contributed by atoms with Gasteiger partial charge in [-0.1, -0.05) is 19.8 Å². The number of carbonyl (C=O) groups excluding carboxylic acids is 1. The Morgan fingerprint density at radius 3 is 2.79 bits per heavy atom. The van der Waals surface area contributed by atoms with E-state index in [1.54, 1.807) is 10.9 Å². The van der Waals surface area contributed by atoms with Gasteiger partial charge in [-0.2, -0.15) is 5.10 Å². The van der Waals surface area contributed by atoms with E-state index in [0.29, 0.717) is 12.1 Å². The zero-order valence-corrected chi connectivity index (χ0v) is 11.8. The molecule has 5 heteroatoms. The molecule has 1 saturated carbocycles. The molecular formula is C14H23N3O2. The van der Waals surface area contributed by atoms with E-state index in [1.807, 2.05) is 14.0 Å². The number of aryl methyl sites for hydroxylation is 2. The minimum atomic E-state index is -0.107. The summed E-state index contributed by atoms with van der Waals surface area (Å²) in [6, 6.07) is 0. The lowest BCUT2D eigenvalue weighted by molar-refractivity contribution is 0.0879. The normalized spacial score (nSPS) is 17.6. The summed E-state index contributed by atoms with van der Waals surface area (Å²) in [5, 5.41) is 16.8. The van der Waals surface area contributed by atoms with Crippen LogP contribution in [0.1, 0.15) is 48.7 Å². The fourth-order valence-electron chi connectivity index (χ4n) is 2.86. The summed E-state index contributed by atoms with van der Waals surface area (Å²) in [5.41, 5.74) is 1.37. The van der Waals surface area contributed by atoms with Crippen LogP contribution in [0.15, 0.2) is 6.20 Å². The number of aliphatic hydroxyl groups excluding tert-OH is 1. The molecule has 1 heterocycles. The third kappa shape index (κ3) is 2.97. The Hall–Kier alpha value is -1.36. The third-order valence-corrected chi connectivity index (χ3v) is 4.11. The van der Waals surface area contributed by atoms with Gasteiger partial charge in [0.25, 0.3) is 5.91 Å². The zero-order valence-electron chi connectivity index (χ0n) is 11.8. The molecule has 0 radical (unpaired) electrons. The highest BCUT2D eigenvalue weighted by Gasteiger charge is 2.33. The average Bonchev–Trinajstić information content (AvgIpc) is 3.03. The quantitative estimate of drug-likeness (QED) is 0.842. The number of nitrogens with zero attached hydrogens (tertiary/aromatic N) is 2. The molecule has 1 amide bonds. The van der Waals surface area contributed by atoms with Crippen LogP contribution in [0.25, 0.3) is 0 Å². The first-order valence-electron chi connectivity index (χ1n) is 7.02. The van der Waals surface area contributed by atoms with Crippen LogP contribution in [-0.2, 0) is 13.5 Å². The number of hydrogen-bond acceptors (Lipinski definition) is 3. The molecule has 0 unspecified atom stereocenters. The third-order valence-electron chi connectivity index (χ3n) is 4.11. The summed E-state index contributed by atoms with van der Waals surface area (Å²) in [6.07, 6.45) is 6.78.